The number of hydrogen-bond acceptors (Lipinski definition) is 3. The average Bonchev–Trinajstić information content (AvgIpc) is 2.92. The van der Waals surface area contributed by atoms with Crippen molar-refractivity contribution >= 4 is 5.91 Å². The zero-order valence-electron chi connectivity index (χ0n) is 11.3. The van der Waals surface area contributed by atoms with Crippen molar-refractivity contribution < 1.29 is 13.9 Å². The van der Waals surface area contributed by atoms with E-state index in [1.807, 2.05) is 0 Å². The Hall–Kier alpha value is -1.62. The van der Waals surface area contributed by atoms with Crippen LogP contribution in [-0.2, 0) is 11.3 Å². The van der Waals surface area contributed by atoms with Gasteiger partial charge in [0.05, 0.1) is 13.2 Å². The number of ether oxygens (including phenoxy) is 1. The second kappa shape index (κ2) is 6.02. The van der Waals surface area contributed by atoms with Crippen molar-refractivity contribution in [2.24, 2.45) is 0 Å². The van der Waals surface area contributed by atoms with Crippen molar-refractivity contribution in [3.05, 3.63) is 29.6 Å². The molecule has 1 atom stereocenters. The molecule has 0 spiro atoms. The first-order valence-electron chi connectivity index (χ1n) is 6.42. The Morgan fingerprint density at radius 2 is 2.37 bits per heavy atom. The fourth-order valence-corrected chi connectivity index (χ4v) is 2.32. The summed E-state index contributed by atoms with van der Waals surface area (Å²) >= 11 is 0. The Morgan fingerprint density at radius 3 is 2.95 bits per heavy atom. The number of benzene rings is 1. The zero-order valence-corrected chi connectivity index (χ0v) is 11.3. The van der Waals surface area contributed by atoms with Crippen molar-refractivity contribution in [2.45, 2.75) is 25.4 Å². The van der Waals surface area contributed by atoms with E-state index < -0.39 is 5.82 Å². The van der Waals surface area contributed by atoms with E-state index in [9.17, 15) is 9.18 Å². The molecule has 1 N–H and O–H groups in total. The summed E-state index contributed by atoms with van der Waals surface area (Å²) in [7, 11) is 3.17. The van der Waals surface area contributed by atoms with Gasteiger partial charge in [-0.25, -0.2) is 4.39 Å². The highest BCUT2D eigenvalue weighted by Gasteiger charge is 2.24. The smallest absolute Gasteiger partial charge is 0.239 e. The van der Waals surface area contributed by atoms with E-state index in [0.717, 1.165) is 24.9 Å². The fraction of sp³-hybridized carbons (Fsp3) is 0.500. The van der Waals surface area contributed by atoms with Crippen LogP contribution in [-0.4, -0.2) is 37.6 Å². The molecule has 1 heterocycles. The summed E-state index contributed by atoms with van der Waals surface area (Å²) in [6.45, 7) is 1.29. The number of likely N-dealkylation sites (N-methyl/N-ethyl adjacent to an activating group) is 1. The Kier molecular flexibility index (Phi) is 4.37. The minimum absolute atomic E-state index is 0.0636. The van der Waals surface area contributed by atoms with Crippen LogP contribution in [0.25, 0.3) is 0 Å². The monoisotopic (exact) mass is 266 g/mol. The molecule has 1 aromatic rings. The summed E-state index contributed by atoms with van der Waals surface area (Å²) in [5.74, 6) is -0.122. The Labute approximate surface area is 112 Å². The number of carbonyl (C=O) groups excluding carboxylic acids is 1. The largest absolute Gasteiger partial charge is 0.494 e. The van der Waals surface area contributed by atoms with Gasteiger partial charge >= 0.3 is 0 Å². The normalized spacial score (nSPS) is 18.4. The number of rotatable bonds is 4. The molecule has 2 rings (SSSR count). The van der Waals surface area contributed by atoms with E-state index in [4.69, 9.17) is 4.74 Å². The molecular weight excluding hydrogens is 247 g/mol. The Balaban J connectivity index is 1.99. The maximum Gasteiger partial charge on any atom is 0.239 e. The van der Waals surface area contributed by atoms with Crippen LogP contribution in [0, 0.1) is 5.82 Å². The van der Waals surface area contributed by atoms with E-state index in [1.54, 1.807) is 24.1 Å². The number of carbonyl (C=O) groups is 1. The van der Waals surface area contributed by atoms with Crippen LogP contribution in [0.3, 0.4) is 0 Å². The number of nitrogens with one attached hydrogen (secondary N) is 1. The highest BCUT2D eigenvalue weighted by atomic mass is 19.1. The molecule has 5 heteroatoms. The molecule has 19 heavy (non-hydrogen) atoms. The van der Waals surface area contributed by atoms with Gasteiger partial charge in [0.25, 0.3) is 0 Å². The van der Waals surface area contributed by atoms with Crippen LogP contribution >= 0.6 is 0 Å². The molecule has 1 fully saturated rings. The van der Waals surface area contributed by atoms with Gasteiger partial charge in [-0.05, 0) is 37.1 Å². The standard InChI is InChI=1S/C14H19FN2O2/c1-17(14(18)12-4-3-7-16-12)9-10-5-6-13(19-2)11(15)8-10/h5-6,8,12,16H,3-4,7,9H2,1-2H3/t12-/m1/s1. The molecule has 104 valence electrons. The Morgan fingerprint density at radius 1 is 1.58 bits per heavy atom. The van der Waals surface area contributed by atoms with Crippen molar-refractivity contribution in [2.75, 3.05) is 20.7 Å². The quantitative estimate of drug-likeness (QED) is 0.899. The minimum atomic E-state index is -0.403. The molecule has 1 amide bonds. The number of amides is 1. The predicted octanol–water partition coefficient (Wildman–Crippen LogP) is 1.54. The molecule has 0 aliphatic carbocycles. The van der Waals surface area contributed by atoms with Crippen molar-refractivity contribution in [1.82, 2.24) is 10.2 Å². The number of hydrogen-bond donors (Lipinski definition) is 1. The molecule has 1 aromatic carbocycles. The third-order valence-electron chi connectivity index (χ3n) is 3.37. The third kappa shape index (κ3) is 3.23. The van der Waals surface area contributed by atoms with Gasteiger partial charge < -0.3 is 15.0 Å². The van der Waals surface area contributed by atoms with Gasteiger partial charge in [-0.15, -0.1) is 0 Å². The maximum absolute atomic E-state index is 13.6. The molecule has 4 nitrogen and oxygen atoms in total. The van der Waals surface area contributed by atoms with Gasteiger partial charge in [-0.1, -0.05) is 6.07 Å². The summed E-state index contributed by atoms with van der Waals surface area (Å²) in [5.41, 5.74) is 0.757. The van der Waals surface area contributed by atoms with Gasteiger partial charge in [0.15, 0.2) is 11.6 Å². The van der Waals surface area contributed by atoms with Crippen molar-refractivity contribution in [3.63, 3.8) is 0 Å². The lowest BCUT2D eigenvalue weighted by Crippen LogP contribution is -2.41. The van der Waals surface area contributed by atoms with E-state index in [0.29, 0.717) is 6.54 Å². The molecule has 0 aromatic heterocycles. The SMILES string of the molecule is COc1ccc(CN(C)C(=O)[C@H]2CCCN2)cc1F. The average molecular weight is 266 g/mol. The number of methoxy groups -OCH3 is 1. The van der Waals surface area contributed by atoms with Gasteiger partial charge in [0.1, 0.15) is 0 Å². The van der Waals surface area contributed by atoms with Gasteiger partial charge in [0, 0.05) is 13.6 Å². The summed E-state index contributed by atoms with van der Waals surface area (Å²) in [5, 5.41) is 3.17. The van der Waals surface area contributed by atoms with Crippen LogP contribution in [0.5, 0.6) is 5.75 Å². The summed E-state index contributed by atoms with van der Waals surface area (Å²) in [4.78, 5) is 13.7. The molecule has 1 aliphatic rings. The first-order chi connectivity index (χ1) is 9.11. The predicted molar refractivity (Wildman–Crippen MR) is 70.5 cm³/mol. The molecule has 0 radical (unpaired) electrons. The van der Waals surface area contributed by atoms with Crippen molar-refractivity contribution in [1.29, 1.82) is 0 Å². The van der Waals surface area contributed by atoms with Crippen LogP contribution in [0.1, 0.15) is 18.4 Å². The van der Waals surface area contributed by atoms with E-state index in [-0.39, 0.29) is 17.7 Å². The van der Waals surface area contributed by atoms with E-state index in [2.05, 4.69) is 5.32 Å². The summed E-state index contributed by atoms with van der Waals surface area (Å²) < 4.78 is 18.4. The summed E-state index contributed by atoms with van der Waals surface area (Å²) in [6.07, 6.45) is 1.90. The van der Waals surface area contributed by atoms with Gasteiger partial charge in [-0.2, -0.15) is 0 Å². The van der Waals surface area contributed by atoms with Gasteiger partial charge in [-0.3, -0.25) is 4.79 Å². The number of halogens is 1. The maximum atomic E-state index is 13.6. The lowest BCUT2D eigenvalue weighted by molar-refractivity contribution is -0.132. The fourth-order valence-electron chi connectivity index (χ4n) is 2.32. The second-order valence-corrected chi connectivity index (χ2v) is 4.81. The molecule has 0 bridgehead atoms. The van der Waals surface area contributed by atoms with Crippen molar-refractivity contribution in [3.8, 4) is 5.75 Å². The first kappa shape index (κ1) is 13.8. The second-order valence-electron chi connectivity index (χ2n) is 4.81. The van der Waals surface area contributed by atoms with Crippen LogP contribution in [0.4, 0.5) is 4.39 Å². The molecular formula is C14H19FN2O2. The van der Waals surface area contributed by atoms with E-state index in [1.165, 1.54) is 13.2 Å². The molecule has 0 unspecified atom stereocenters. The Bertz CT molecular complexity index is 459. The van der Waals surface area contributed by atoms with Crippen LogP contribution in [0.15, 0.2) is 18.2 Å². The van der Waals surface area contributed by atoms with Gasteiger partial charge in [0.2, 0.25) is 5.91 Å². The first-order valence-corrected chi connectivity index (χ1v) is 6.42. The molecule has 1 saturated heterocycles. The van der Waals surface area contributed by atoms with Crippen LogP contribution in [0.2, 0.25) is 0 Å². The summed E-state index contributed by atoms with van der Waals surface area (Å²) in [6, 6.07) is 4.67. The molecule has 1 aliphatic heterocycles. The lowest BCUT2D eigenvalue weighted by Gasteiger charge is -2.21. The van der Waals surface area contributed by atoms with E-state index >= 15 is 0 Å². The highest BCUT2D eigenvalue weighted by Crippen LogP contribution is 2.19. The molecule has 0 saturated carbocycles. The lowest BCUT2D eigenvalue weighted by atomic mass is 10.1. The third-order valence-corrected chi connectivity index (χ3v) is 3.37. The highest BCUT2D eigenvalue weighted by molar-refractivity contribution is 5.81. The topological polar surface area (TPSA) is 41.6 Å². The zero-order chi connectivity index (χ0) is 13.8. The minimum Gasteiger partial charge on any atom is -0.494 e. The van der Waals surface area contributed by atoms with Crippen LogP contribution < -0.4 is 10.1 Å². The number of nitrogens with zero attached hydrogens (tertiary/aromatic N) is 1.